The minimum absolute atomic E-state index is 0.582. The quantitative estimate of drug-likeness (QED) is 0.884. The third-order valence-electron chi connectivity index (χ3n) is 2.14. The predicted octanol–water partition coefficient (Wildman–Crippen LogP) is 3.64. The zero-order chi connectivity index (χ0) is 9.97. The summed E-state index contributed by atoms with van der Waals surface area (Å²) in [6.45, 7) is 0.582. The Morgan fingerprint density at radius 2 is 1.93 bits per heavy atom. The monoisotopic (exact) mass is 267 g/mol. The van der Waals surface area contributed by atoms with Gasteiger partial charge in [-0.3, -0.25) is 0 Å². The summed E-state index contributed by atoms with van der Waals surface area (Å²) >= 11 is 5.23. The van der Waals surface area contributed by atoms with E-state index in [-0.39, 0.29) is 0 Å². The van der Waals surface area contributed by atoms with Crippen LogP contribution in [0.1, 0.15) is 5.56 Å². The Bertz CT molecular complexity index is 436. The van der Waals surface area contributed by atoms with Crippen LogP contribution in [0, 0.1) is 0 Å². The van der Waals surface area contributed by atoms with E-state index in [0.29, 0.717) is 6.54 Å². The molecule has 1 heterocycles. The van der Waals surface area contributed by atoms with Crippen molar-refractivity contribution in [3.05, 3.63) is 45.1 Å². The molecule has 0 unspecified atom stereocenters. The first-order chi connectivity index (χ1) is 6.83. The van der Waals surface area contributed by atoms with Crippen LogP contribution >= 0.6 is 27.3 Å². The van der Waals surface area contributed by atoms with Gasteiger partial charge in [-0.25, -0.2) is 0 Å². The van der Waals surface area contributed by atoms with Crippen molar-refractivity contribution in [1.29, 1.82) is 0 Å². The Labute approximate surface area is 95.7 Å². The molecule has 2 aromatic rings. The average molecular weight is 268 g/mol. The van der Waals surface area contributed by atoms with Crippen LogP contribution in [-0.2, 0) is 6.54 Å². The molecule has 0 saturated carbocycles. The Morgan fingerprint density at radius 3 is 2.57 bits per heavy atom. The molecule has 0 saturated heterocycles. The van der Waals surface area contributed by atoms with E-state index < -0.39 is 0 Å². The highest BCUT2D eigenvalue weighted by molar-refractivity contribution is 9.10. The second-order valence-corrected chi connectivity index (χ2v) is 4.59. The molecule has 1 aromatic carbocycles. The van der Waals surface area contributed by atoms with Crippen LogP contribution in [0.25, 0.3) is 11.1 Å². The zero-order valence-corrected chi connectivity index (χ0v) is 9.94. The fourth-order valence-electron chi connectivity index (χ4n) is 1.43. The second-order valence-electron chi connectivity index (χ2n) is 2.99. The van der Waals surface area contributed by atoms with Crippen LogP contribution in [0.3, 0.4) is 0 Å². The van der Waals surface area contributed by atoms with Crippen LogP contribution in [-0.4, -0.2) is 0 Å². The third-order valence-corrected chi connectivity index (χ3v) is 3.84. The van der Waals surface area contributed by atoms with E-state index in [1.807, 2.05) is 12.1 Å². The first-order valence-electron chi connectivity index (χ1n) is 4.33. The number of rotatable bonds is 2. The minimum atomic E-state index is 0.582. The molecule has 0 fully saturated rings. The molecular formula is C11H10BrNS. The molecule has 0 aliphatic carbocycles. The Hall–Kier alpha value is -0.640. The fraction of sp³-hybridized carbons (Fsp3) is 0.0909. The number of benzene rings is 1. The second kappa shape index (κ2) is 4.26. The van der Waals surface area contributed by atoms with Gasteiger partial charge in [0.05, 0.1) is 0 Å². The Morgan fingerprint density at radius 1 is 1.14 bits per heavy atom. The standard InChI is InChI=1S/C11H10BrNS/c12-11-7-14-6-10(11)9-4-2-1-3-8(9)5-13/h1-4,6-7H,5,13H2. The maximum absolute atomic E-state index is 5.69. The van der Waals surface area contributed by atoms with Crippen LogP contribution in [0.4, 0.5) is 0 Å². The lowest BCUT2D eigenvalue weighted by atomic mass is 10.0. The van der Waals surface area contributed by atoms with Gasteiger partial charge in [-0.2, -0.15) is 11.3 Å². The summed E-state index contributed by atoms with van der Waals surface area (Å²) in [4.78, 5) is 0. The van der Waals surface area contributed by atoms with E-state index in [0.717, 1.165) is 4.47 Å². The molecule has 72 valence electrons. The highest BCUT2D eigenvalue weighted by atomic mass is 79.9. The van der Waals surface area contributed by atoms with Gasteiger partial charge in [0.1, 0.15) is 0 Å². The maximum atomic E-state index is 5.69. The van der Waals surface area contributed by atoms with Crippen molar-refractivity contribution in [2.45, 2.75) is 6.54 Å². The smallest absolute Gasteiger partial charge is 0.0360 e. The van der Waals surface area contributed by atoms with Crippen molar-refractivity contribution < 1.29 is 0 Å². The molecule has 0 aliphatic heterocycles. The van der Waals surface area contributed by atoms with Gasteiger partial charge in [0, 0.05) is 22.0 Å². The first-order valence-corrected chi connectivity index (χ1v) is 6.06. The molecule has 2 N–H and O–H groups in total. The first kappa shape index (κ1) is 9.90. The van der Waals surface area contributed by atoms with Crippen molar-refractivity contribution in [2.24, 2.45) is 5.73 Å². The third kappa shape index (κ3) is 1.75. The molecule has 1 nitrogen and oxygen atoms in total. The maximum Gasteiger partial charge on any atom is 0.0360 e. The van der Waals surface area contributed by atoms with E-state index in [9.17, 15) is 0 Å². The van der Waals surface area contributed by atoms with Gasteiger partial charge >= 0.3 is 0 Å². The lowest BCUT2D eigenvalue weighted by Crippen LogP contribution is -1.98. The summed E-state index contributed by atoms with van der Waals surface area (Å²) in [5.41, 5.74) is 9.34. The molecule has 0 bridgehead atoms. The van der Waals surface area contributed by atoms with E-state index in [2.05, 4.69) is 38.8 Å². The molecular weight excluding hydrogens is 258 g/mol. The van der Waals surface area contributed by atoms with Crippen molar-refractivity contribution in [3.63, 3.8) is 0 Å². The molecule has 0 radical (unpaired) electrons. The van der Waals surface area contributed by atoms with Crippen LogP contribution in [0.5, 0.6) is 0 Å². The molecule has 2 rings (SSSR count). The van der Waals surface area contributed by atoms with E-state index >= 15 is 0 Å². The number of halogens is 1. The summed E-state index contributed by atoms with van der Waals surface area (Å²) in [7, 11) is 0. The molecule has 0 spiro atoms. The zero-order valence-electron chi connectivity index (χ0n) is 7.53. The highest BCUT2D eigenvalue weighted by Crippen LogP contribution is 2.33. The minimum Gasteiger partial charge on any atom is -0.326 e. The van der Waals surface area contributed by atoms with Gasteiger partial charge < -0.3 is 5.73 Å². The van der Waals surface area contributed by atoms with Crippen molar-refractivity contribution in [1.82, 2.24) is 0 Å². The van der Waals surface area contributed by atoms with Crippen LogP contribution in [0.15, 0.2) is 39.5 Å². The summed E-state index contributed by atoms with van der Waals surface area (Å²) in [6.07, 6.45) is 0. The summed E-state index contributed by atoms with van der Waals surface area (Å²) in [6, 6.07) is 8.24. The lowest BCUT2D eigenvalue weighted by molar-refractivity contribution is 1.07. The number of hydrogen-bond donors (Lipinski definition) is 1. The summed E-state index contributed by atoms with van der Waals surface area (Å²) in [5, 5.41) is 4.22. The van der Waals surface area contributed by atoms with Crippen molar-refractivity contribution in [2.75, 3.05) is 0 Å². The largest absolute Gasteiger partial charge is 0.326 e. The van der Waals surface area contributed by atoms with Gasteiger partial charge in [0.2, 0.25) is 0 Å². The van der Waals surface area contributed by atoms with Crippen molar-refractivity contribution >= 4 is 27.3 Å². The number of thiophene rings is 1. The molecule has 14 heavy (non-hydrogen) atoms. The van der Waals surface area contributed by atoms with Gasteiger partial charge in [0.15, 0.2) is 0 Å². The molecule has 0 amide bonds. The summed E-state index contributed by atoms with van der Waals surface area (Å²) < 4.78 is 1.14. The van der Waals surface area contributed by atoms with Crippen LogP contribution in [0.2, 0.25) is 0 Å². The SMILES string of the molecule is NCc1ccccc1-c1cscc1Br. The van der Waals surface area contributed by atoms with Crippen molar-refractivity contribution in [3.8, 4) is 11.1 Å². The molecule has 3 heteroatoms. The topological polar surface area (TPSA) is 26.0 Å². The van der Waals surface area contributed by atoms with E-state index in [4.69, 9.17) is 5.73 Å². The van der Waals surface area contributed by atoms with Gasteiger partial charge in [-0.1, -0.05) is 24.3 Å². The van der Waals surface area contributed by atoms with Gasteiger partial charge in [-0.15, -0.1) is 0 Å². The Kier molecular flexibility index (Phi) is 3.01. The highest BCUT2D eigenvalue weighted by Gasteiger charge is 2.07. The molecule has 0 aliphatic rings. The van der Waals surface area contributed by atoms with E-state index in [1.54, 1.807) is 11.3 Å². The molecule has 1 aromatic heterocycles. The number of nitrogens with two attached hydrogens (primary N) is 1. The number of hydrogen-bond acceptors (Lipinski definition) is 2. The fourth-order valence-corrected chi connectivity index (χ4v) is 2.94. The average Bonchev–Trinajstić information content (AvgIpc) is 2.64. The normalized spacial score (nSPS) is 10.4. The van der Waals surface area contributed by atoms with Gasteiger partial charge in [-0.05, 0) is 32.4 Å². The lowest BCUT2D eigenvalue weighted by Gasteiger charge is -2.05. The van der Waals surface area contributed by atoms with E-state index in [1.165, 1.54) is 16.7 Å². The van der Waals surface area contributed by atoms with Crippen LogP contribution < -0.4 is 5.73 Å². The predicted molar refractivity (Wildman–Crippen MR) is 65.3 cm³/mol. The summed E-state index contributed by atoms with van der Waals surface area (Å²) in [5.74, 6) is 0. The Balaban J connectivity index is 2.56. The van der Waals surface area contributed by atoms with Gasteiger partial charge in [0.25, 0.3) is 0 Å². The molecule has 0 atom stereocenters.